The number of pyridine rings is 1. The molecule has 28 heavy (non-hydrogen) atoms. The number of benzene rings is 2. The third kappa shape index (κ3) is 3.86. The number of carbonyl (C=O) groups is 1. The minimum absolute atomic E-state index is 0.180. The van der Waals surface area contributed by atoms with Crippen molar-refractivity contribution < 1.29 is 4.79 Å². The van der Waals surface area contributed by atoms with Crippen LogP contribution in [0.2, 0.25) is 10.0 Å². The molecule has 0 fully saturated rings. The SMILES string of the molecule is O=C(NCCc1ccccc1)c1ccnc2nc(-c3ccc(Cl)cc3Cl)[nH]c12. The fourth-order valence-corrected chi connectivity index (χ4v) is 3.47. The summed E-state index contributed by atoms with van der Waals surface area (Å²) in [6.45, 7) is 0.538. The lowest BCUT2D eigenvalue weighted by Crippen LogP contribution is -2.26. The summed E-state index contributed by atoms with van der Waals surface area (Å²) in [6.07, 6.45) is 2.33. The fraction of sp³-hybridized carbons (Fsp3) is 0.0952. The summed E-state index contributed by atoms with van der Waals surface area (Å²) in [7, 11) is 0. The number of hydrogen-bond donors (Lipinski definition) is 2. The summed E-state index contributed by atoms with van der Waals surface area (Å²) >= 11 is 12.2. The number of rotatable bonds is 5. The van der Waals surface area contributed by atoms with Crippen LogP contribution in [0, 0.1) is 0 Å². The summed E-state index contributed by atoms with van der Waals surface area (Å²) in [5.74, 6) is 0.356. The molecule has 2 N–H and O–H groups in total. The molecule has 0 saturated heterocycles. The molecule has 1 amide bonds. The molecular weight excluding hydrogens is 395 g/mol. The normalized spacial score (nSPS) is 10.9. The van der Waals surface area contributed by atoms with Crippen molar-refractivity contribution >= 4 is 40.3 Å². The Balaban J connectivity index is 1.57. The molecule has 4 rings (SSSR count). The van der Waals surface area contributed by atoms with Gasteiger partial charge in [-0.1, -0.05) is 53.5 Å². The summed E-state index contributed by atoms with van der Waals surface area (Å²) < 4.78 is 0. The Morgan fingerprint density at radius 3 is 2.68 bits per heavy atom. The number of fused-ring (bicyclic) bond motifs is 1. The molecule has 0 saturated carbocycles. The van der Waals surface area contributed by atoms with Gasteiger partial charge < -0.3 is 10.3 Å². The van der Waals surface area contributed by atoms with Gasteiger partial charge in [0.25, 0.3) is 5.91 Å². The van der Waals surface area contributed by atoms with Crippen LogP contribution in [0.25, 0.3) is 22.6 Å². The molecule has 0 atom stereocenters. The monoisotopic (exact) mass is 410 g/mol. The lowest BCUT2D eigenvalue weighted by atomic mass is 10.1. The van der Waals surface area contributed by atoms with Crippen LogP contribution in [0.1, 0.15) is 15.9 Å². The van der Waals surface area contributed by atoms with Crippen molar-refractivity contribution in [3.05, 3.63) is 82.0 Å². The lowest BCUT2D eigenvalue weighted by molar-refractivity contribution is 0.0955. The van der Waals surface area contributed by atoms with Crippen LogP contribution >= 0.6 is 23.2 Å². The fourth-order valence-electron chi connectivity index (χ4n) is 2.97. The molecule has 7 heteroatoms. The topological polar surface area (TPSA) is 70.7 Å². The van der Waals surface area contributed by atoms with Gasteiger partial charge in [-0.25, -0.2) is 9.97 Å². The van der Waals surface area contributed by atoms with E-state index in [0.29, 0.717) is 44.7 Å². The van der Waals surface area contributed by atoms with Gasteiger partial charge in [-0.3, -0.25) is 4.79 Å². The summed E-state index contributed by atoms with van der Waals surface area (Å²) in [5, 5.41) is 3.97. The first-order valence-electron chi connectivity index (χ1n) is 8.74. The van der Waals surface area contributed by atoms with Crippen molar-refractivity contribution in [2.45, 2.75) is 6.42 Å². The number of H-pyrrole nitrogens is 1. The zero-order valence-corrected chi connectivity index (χ0v) is 16.3. The Bertz CT molecular complexity index is 1140. The van der Waals surface area contributed by atoms with E-state index in [0.717, 1.165) is 6.42 Å². The Hall–Kier alpha value is -2.89. The predicted octanol–water partition coefficient (Wildman–Crippen LogP) is 4.90. The van der Waals surface area contributed by atoms with E-state index >= 15 is 0 Å². The average molecular weight is 411 g/mol. The Labute approximate surface area is 171 Å². The van der Waals surface area contributed by atoms with Crippen LogP contribution in [0.4, 0.5) is 0 Å². The zero-order chi connectivity index (χ0) is 19.5. The van der Waals surface area contributed by atoms with Crippen molar-refractivity contribution in [1.29, 1.82) is 0 Å². The Morgan fingerprint density at radius 2 is 1.89 bits per heavy atom. The summed E-state index contributed by atoms with van der Waals surface area (Å²) in [4.78, 5) is 24.6. The van der Waals surface area contributed by atoms with Crippen molar-refractivity contribution in [1.82, 2.24) is 20.3 Å². The second-order valence-electron chi connectivity index (χ2n) is 6.26. The van der Waals surface area contributed by atoms with E-state index < -0.39 is 0 Å². The van der Waals surface area contributed by atoms with E-state index in [1.165, 1.54) is 5.56 Å². The first-order valence-corrected chi connectivity index (χ1v) is 9.49. The third-order valence-electron chi connectivity index (χ3n) is 4.37. The van der Waals surface area contributed by atoms with Gasteiger partial charge in [0.1, 0.15) is 5.82 Å². The van der Waals surface area contributed by atoms with Crippen molar-refractivity contribution in [2.75, 3.05) is 6.54 Å². The highest BCUT2D eigenvalue weighted by Gasteiger charge is 2.16. The maximum atomic E-state index is 12.7. The Morgan fingerprint density at radius 1 is 1.07 bits per heavy atom. The molecule has 5 nitrogen and oxygen atoms in total. The number of imidazole rings is 1. The maximum absolute atomic E-state index is 12.7. The van der Waals surface area contributed by atoms with Crippen molar-refractivity contribution in [3.8, 4) is 11.4 Å². The van der Waals surface area contributed by atoms with E-state index in [9.17, 15) is 4.79 Å². The lowest BCUT2D eigenvalue weighted by Gasteiger charge is -2.06. The number of nitrogens with one attached hydrogen (secondary N) is 2. The first kappa shape index (κ1) is 18.5. The molecular formula is C21H16Cl2N4O. The molecule has 0 aliphatic rings. The van der Waals surface area contributed by atoms with Crippen LogP contribution in [0.15, 0.2) is 60.8 Å². The number of aromatic nitrogens is 3. The highest BCUT2D eigenvalue weighted by molar-refractivity contribution is 6.36. The molecule has 0 unspecified atom stereocenters. The molecule has 0 radical (unpaired) electrons. The van der Waals surface area contributed by atoms with Gasteiger partial charge in [0.2, 0.25) is 0 Å². The highest BCUT2D eigenvalue weighted by atomic mass is 35.5. The van der Waals surface area contributed by atoms with Crippen LogP contribution in [-0.2, 0) is 6.42 Å². The van der Waals surface area contributed by atoms with Crippen LogP contribution < -0.4 is 5.32 Å². The number of carbonyl (C=O) groups excluding carboxylic acids is 1. The molecule has 0 spiro atoms. The molecule has 0 aliphatic heterocycles. The zero-order valence-electron chi connectivity index (χ0n) is 14.7. The quantitative estimate of drug-likeness (QED) is 0.491. The predicted molar refractivity (Wildman–Crippen MR) is 112 cm³/mol. The van der Waals surface area contributed by atoms with E-state index in [2.05, 4.69) is 20.3 Å². The minimum atomic E-state index is -0.180. The van der Waals surface area contributed by atoms with Gasteiger partial charge in [0.05, 0.1) is 16.1 Å². The molecule has 140 valence electrons. The second-order valence-corrected chi connectivity index (χ2v) is 7.10. The van der Waals surface area contributed by atoms with Crippen LogP contribution in [-0.4, -0.2) is 27.4 Å². The number of aromatic amines is 1. The van der Waals surface area contributed by atoms with Crippen molar-refractivity contribution in [3.63, 3.8) is 0 Å². The number of halogens is 2. The van der Waals surface area contributed by atoms with Gasteiger partial charge >= 0.3 is 0 Å². The van der Waals surface area contributed by atoms with Crippen LogP contribution in [0.3, 0.4) is 0 Å². The average Bonchev–Trinajstić information content (AvgIpc) is 3.12. The van der Waals surface area contributed by atoms with Crippen LogP contribution in [0.5, 0.6) is 0 Å². The van der Waals surface area contributed by atoms with Gasteiger partial charge in [-0.2, -0.15) is 0 Å². The third-order valence-corrected chi connectivity index (χ3v) is 4.91. The van der Waals surface area contributed by atoms with E-state index in [1.807, 2.05) is 30.3 Å². The molecule has 0 aliphatic carbocycles. The smallest absolute Gasteiger partial charge is 0.253 e. The van der Waals surface area contributed by atoms with E-state index in [1.54, 1.807) is 30.5 Å². The van der Waals surface area contributed by atoms with Gasteiger partial charge in [0, 0.05) is 23.3 Å². The molecule has 2 aromatic carbocycles. The largest absolute Gasteiger partial charge is 0.352 e. The van der Waals surface area contributed by atoms with Crippen molar-refractivity contribution in [2.24, 2.45) is 0 Å². The Kier molecular flexibility index (Phi) is 5.28. The van der Waals surface area contributed by atoms with Gasteiger partial charge in [-0.15, -0.1) is 0 Å². The molecule has 2 aromatic heterocycles. The molecule has 0 bridgehead atoms. The minimum Gasteiger partial charge on any atom is -0.352 e. The highest BCUT2D eigenvalue weighted by Crippen LogP contribution is 2.30. The number of hydrogen-bond acceptors (Lipinski definition) is 3. The van der Waals surface area contributed by atoms with Gasteiger partial charge in [-0.05, 0) is 36.2 Å². The van der Waals surface area contributed by atoms with E-state index in [-0.39, 0.29) is 5.91 Å². The second kappa shape index (κ2) is 8.00. The first-order chi connectivity index (χ1) is 13.6. The number of amides is 1. The number of nitrogens with zero attached hydrogens (tertiary/aromatic N) is 2. The van der Waals surface area contributed by atoms with Gasteiger partial charge in [0.15, 0.2) is 5.65 Å². The summed E-state index contributed by atoms with van der Waals surface area (Å²) in [5.41, 5.74) is 3.38. The maximum Gasteiger partial charge on any atom is 0.253 e. The standard InChI is InChI=1S/C21H16Cl2N4O/c22-14-6-7-15(17(23)12-14)19-26-18-16(9-11-24-20(18)27-19)21(28)25-10-8-13-4-2-1-3-5-13/h1-7,9,11-12H,8,10H2,(H,25,28)(H,24,26,27). The molecule has 2 heterocycles. The van der Waals surface area contributed by atoms with E-state index in [4.69, 9.17) is 23.2 Å². The molecule has 4 aromatic rings. The summed E-state index contributed by atoms with van der Waals surface area (Å²) in [6, 6.07) is 16.8.